The van der Waals surface area contributed by atoms with E-state index in [2.05, 4.69) is 5.32 Å². The minimum Gasteiger partial charge on any atom is -0.355 e. The fraction of sp³-hybridized carbons (Fsp3) is 0.500. The standard InChI is InChI=1S/C30H40ClN3O5S2/c1-3-9-30(37)34(17-16-29(36)32-19-27(40)23-10-5-4-6-11-23)20-22-14-15-24(26(31)18-22)25-12-7-8-13-28(25)41(38,39)33-21(2)35/h7-8,12-15,18,23,27,40H,3-6,9-11,16-17,19-20H2,1-2H3,(H,32,36)(H,33,35). The van der Waals surface area contributed by atoms with Crippen LogP contribution in [0.5, 0.6) is 0 Å². The van der Waals surface area contributed by atoms with Gasteiger partial charge in [-0.1, -0.05) is 68.1 Å². The van der Waals surface area contributed by atoms with Gasteiger partial charge < -0.3 is 10.2 Å². The molecule has 8 nitrogen and oxygen atoms in total. The first-order valence-electron chi connectivity index (χ1n) is 14.2. The first-order chi connectivity index (χ1) is 19.5. The topological polar surface area (TPSA) is 113 Å². The van der Waals surface area contributed by atoms with E-state index in [1.54, 1.807) is 41.3 Å². The van der Waals surface area contributed by atoms with E-state index in [9.17, 15) is 22.8 Å². The average Bonchev–Trinajstić information content (AvgIpc) is 2.94. The number of hydrogen-bond donors (Lipinski definition) is 3. The zero-order valence-corrected chi connectivity index (χ0v) is 26.2. The van der Waals surface area contributed by atoms with Gasteiger partial charge in [0, 0.05) is 60.8 Å². The van der Waals surface area contributed by atoms with Crippen LogP contribution in [0.1, 0.15) is 70.8 Å². The number of benzene rings is 2. The van der Waals surface area contributed by atoms with Gasteiger partial charge in [-0.05, 0) is 42.9 Å². The molecule has 2 N–H and O–H groups in total. The van der Waals surface area contributed by atoms with Gasteiger partial charge in [0.15, 0.2) is 0 Å². The molecule has 0 heterocycles. The molecular formula is C30H40ClN3O5S2. The number of sulfonamides is 1. The Morgan fingerprint density at radius 2 is 1.76 bits per heavy atom. The van der Waals surface area contributed by atoms with Crippen molar-refractivity contribution in [3.05, 3.63) is 53.1 Å². The van der Waals surface area contributed by atoms with Crippen molar-refractivity contribution in [1.82, 2.24) is 14.9 Å². The molecule has 0 spiro atoms. The molecular weight excluding hydrogens is 582 g/mol. The van der Waals surface area contributed by atoms with Gasteiger partial charge in [0.2, 0.25) is 17.7 Å². The molecule has 1 aliphatic carbocycles. The highest BCUT2D eigenvalue weighted by Gasteiger charge is 2.23. The third-order valence-electron chi connectivity index (χ3n) is 7.28. The van der Waals surface area contributed by atoms with Crippen LogP contribution < -0.4 is 10.0 Å². The summed E-state index contributed by atoms with van der Waals surface area (Å²) in [5, 5.41) is 3.42. The van der Waals surface area contributed by atoms with Crippen LogP contribution in [0, 0.1) is 5.92 Å². The molecule has 2 aromatic rings. The quantitative estimate of drug-likeness (QED) is 0.261. The molecule has 2 aromatic carbocycles. The Labute approximate surface area is 254 Å². The smallest absolute Gasteiger partial charge is 0.264 e. The van der Waals surface area contributed by atoms with Crippen LogP contribution in [0.4, 0.5) is 0 Å². The Morgan fingerprint density at radius 3 is 2.41 bits per heavy atom. The Bertz CT molecular complexity index is 1330. The minimum atomic E-state index is -4.09. The predicted molar refractivity (Wildman–Crippen MR) is 165 cm³/mol. The van der Waals surface area contributed by atoms with E-state index in [1.807, 2.05) is 11.6 Å². The summed E-state index contributed by atoms with van der Waals surface area (Å²) in [6, 6.07) is 11.5. The van der Waals surface area contributed by atoms with Gasteiger partial charge in [0.05, 0.1) is 4.90 Å². The second-order valence-corrected chi connectivity index (χ2v) is 13.3. The second-order valence-electron chi connectivity index (χ2n) is 10.6. The van der Waals surface area contributed by atoms with E-state index in [-0.39, 0.29) is 41.5 Å². The summed E-state index contributed by atoms with van der Waals surface area (Å²) >= 11 is 11.3. The molecule has 224 valence electrons. The van der Waals surface area contributed by atoms with Crippen LogP contribution in [0.3, 0.4) is 0 Å². The van der Waals surface area contributed by atoms with Crippen LogP contribution in [0.2, 0.25) is 5.02 Å². The fourth-order valence-corrected chi connectivity index (χ4v) is 7.06. The summed E-state index contributed by atoms with van der Waals surface area (Å²) in [5.41, 5.74) is 1.58. The first kappa shape index (κ1) is 32.9. The number of amides is 3. The van der Waals surface area contributed by atoms with E-state index < -0.39 is 15.9 Å². The lowest BCUT2D eigenvalue weighted by molar-refractivity contribution is -0.132. The molecule has 1 atom stereocenters. The molecule has 0 aromatic heterocycles. The van der Waals surface area contributed by atoms with Crippen molar-refractivity contribution in [2.24, 2.45) is 5.92 Å². The normalized spacial score (nSPS) is 14.7. The molecule has 1 unspecified atom stereocenters. The first-order valence-corrected chi connectivity index (χ1v) is 16.5. The summed E-state index contributed by atoms with van der Waals surface area (Å²) < 4.78 is 27.5. The predicted octanol–water partition coefficient (Wildman–Crippen LogP) is 5.35. The second kappa shape index (κ2) is 15.6. The van der Waals surface area contributed by atoms with Crippen LogP contribution in [-0.4, -0.2) is 49.4 Å². The van der Waals surface area contributed by atoms with Crippen LogP contribution >= 0.6 is 24.2 Å². The number of nitrogens with zero attached hydrogens (tertiary/aromatic N) is 1. The van der Waals surface area contributed by atoms with E-state index in [0.29, 0.717) is 41.5 Å². The fourth-order valence-electron chi connectivity index (χ4n) is 5.16. The highest BCUT2D eigenvalue weighted by atomic mass is 35.5. The number of rotatable bonds is 13. The number of nitrogens with one attached hydrogen (secondary N) is 2. The maximum atomic E-state index is 12.9. The summed E-state index contributed by atoms with van der Waals surface area (Å²) in [7, 11) is -4.09. The molecule has 1 saturated carbocycles. The summed E-state index contributed by atoms with van der Waals surface area (Å²) in [4.78, 5) is 38.6. The van der Waals surface area contributed by atoms with Crippen molar-refractivity contribution in [2.45, 2.75) is 81.9 Å². The monoisotopic (exact) mass is 621 g/mol. The summed E-state index contributed by atoms with van der Waals surface area (Å²) in [6.07, 6.45) is 7.25. The molecule has 11 heteroatoms. The van der Waals surface area contributed by atoms with E-state index in [4.69, 9.17) is 24.2 Å². The number of carbonyl (C=O) groups excluding carboxylic acids is 3. The van der Waals surface area contributed by atoms with Crippen molar-refractivity contribution in [1.29, 1.82) is 0 Å². The van der Waals surface area contributed by atoms with E-state index in [1.165, 1.54) is 25.3 Å². The molecule has 0 aliphatic heterocycles. The van der Waals surface area contributed by atoms with Crippen LogP contribution in [0.25, 0.3) is 11.1 Å². The lowest BCUT2D eigenvalue weighted by atomic mass is 9.86. The van der Waals surface area contributed by atoms with Gasteiger partial charge in [-0.2, -0.15) is 12.6 Å². The van der Waals surface area contributed by atoms with E-state index in [0.717, 1.165) is 25.3 Å². The molecule has 0 radical (unpaired) electrons. The molecule has 0 bridgehead atoms. The Balaban J connectivity index is 1.69. The molecule has 0 saturated heterocycles. The Morgan fingerprint density at radius 1 is 1.05 bits per heavy atom. The lowest BCUT2D eigenvalue weighted by Crippen LogP contribution is -2.37. The zero-order valence-electron chi connectivity index (χ0n) is 23.7. The maximum Gasteiger partial charge on any atom is 0.264 e. The van der Waals surface area contributed by atoms with Crippen LogP contribution in [-0.2, 0) is 31.0 Å². The van der Waals surface area contributed by atoms with Gasteiger partial charge in [0.1, 0.15) is 0 Å². The summed E-state index contributed by atoms with van der Waals surface area (Å²) in [6.45, 7) is 4.11. The van der Waals surface area contributed by atoms with Crippen molar-refractivity contribution in [3.8, 4) is 11.1 Å². The average molecular weight is 622 g/mol. The van der Waals surface area contributed by atoms with Gasteiger partial charge in [0.25, 0.3) is 10.0 Å². The van der Waals surface area contributed by atoms with Crippen molar-refractivity contribution < 1.29 is 22.8 Å². The molecule has 41 heavy (non-hydrogen) atoms. The van der Waals surface area contributed by atoms with Gasteiger partial charge in [-0.3, -0.25) is 14.4 Å². The van der Waals surface area contributed by atoms with Gasteiger partial charge >= 0.3 is 0 Å². The number of halogens is 1. The van der Waals surface area contributed by atoms with Gasteiger partial charge in [-0.15, -0.1) is 0 Å². The molecule has 1 fully saturated rings. The number of hydrogen-bond acceptors (Lipinski definition) is 6. The molecule has 3 amide bonds. The Kier molecular flexibility index (Phi) is 12.5. The maximum absolute atomic E-state index is 12.9. The van der Waals surface area contributed by atoms with Crippen molar-refractivity contribution in [3.63, 3.8) is 0 Å². The van der Waals surface area contributed by atoms with E-state index >= 15 is 0 Å². The Hall–Kier alpha value is -2.56. The number of thiol groups is 1. The minimum absolute atomic E-state index is 0.0541. The molecule has 1 aliphatic rings. The highest BCUT2D eigenvalue weighted by Crippen LogP contribution is 2.34. The SMILES string of the molecule is CCCC(=O)N(CCC(=O)NCC(S)C1CCCCC1)Cc1ccc(-c2ccccc2S(=O)(=O)NC(C)=O)c(Cl)c1. The van der Waals surface area contributed by atoms with Crippen molar-refractivity contribution >= 4 is 52.0 Å². The summed E-state index contributed by atoms with van der Waals surface area (Å²) in [5.74, 6) is -0.331. The molecule has 3 rings (SSSR count). The largest absolute Gasteiger partial charge is 0.355 e. The van der Waals surface area contributed by atoms with Crippen LogP contribution in [0.15, 0.2) is 47.4 Å². The number of carbonyl (C=O) groups is 3. The third kappa shape index (κ3) is 9.75. The van der Waals surface area contributed by atoms with Gasteiger partial charge in [-0.25, -0.2) is 13.1 Å². The highest BCUT2D eigenvalue weighted by molar-refractivity contribution is 7.90. The third-order valence-corrected chi connectivity index (χ3v) is 9.69. The zero-order chi connectivity index (χ0) is 30.0. The lowest BCUT2D eigenvalue weighted by Gasteiger charge is -2.27. The van der Waals surface area contributed by atoms with Crippen molar-refractivity contribution in [2.75, 3.05) is 13.1 Å².